The van der Waals surface area contributed by atoms with Gasteiger partial charge in [0.1, 0.15) is 11.3 Å². The number of nitro groups is 1. The summed E-state index contributed by atoms with van der Waals surface area (Å²) in [7, 11) is 0. The van der Waals surface area contributed by atoms with Gasteiger partial charge in [-0.25, -0.2) is 0 Å². The fraction of sp³-hybridized carbons (Fsp3) is 0.308. The number of aliphatic carboxylic acids is 1. The standard InChI is InChI=1S/C13H11NO5/c15-13(16)7-1-3-9-10-6-8(14(17)18)2-4-11(10)19-12(9)5-7/h2,4,6-7H,1,3,5H2,(H,15,16). The predicted molar refractivity (Wildman–Crippen MR) is 66.0 cm³/mol. The summed E-state index contributed by atoms with van der Waals surface area (Å²) in [5.74, 6) is -0.603. The number of nitro benzene ring substituents is 1. The zero-order valence-corrected chi connectivity index (χ0v) is 9.96. The molecule has 3 rings (SSSR count). The second-order valence-electron chi connectivity index (χ2n) is 4.72. The third kappa shape index (κ3) is 1.85. The van der Waals surface area contributed by atoms with Crippen LogP contribution in [0.4, 0.5) is 5.69 Å². The summed E-state index contributed by atoms with van der Waals surface area (Å²) in [4.78, 5) is 21.3. The zero-order chi connectivity index (χ0) is 13.6. The molecule has 1 N–H and O–H groups in total. The van der Waals surface area contributed by atoms with E-state index in [0.717, 1.165) is 10.9 Å². The van der Waals surface area contributed by atoms with E-state index in [4.69, 9.17) is 9.52 Å². The van der Waals surface area contributed by atoms with E-state index in [1.807, 2.05) is 0 Å². The van der Waals surface area contributed by atoms with Gasteiger partial charge in [-0.15, -0.1) is 0 Å². The molecule has 0 aliphatic heterocycles. The fourth-order valence-electron chi connectivity index (χ4n) is 2.60. The summed E-state index contributed by atoms with van der Waals surface area (Å²) in [6.07, 6.45) is 1.48. The lowest BCUT2D eigenvalue weighted by Crippen LogP contribution is -2.21. The topological polar surface area (TPSA) is 93.6 Å². The molecule has 1 aliphatic rings. The molecule has 0 radical (unpaired) electrons. The van der Waals surface area contributed by atoms with Crippen molar-refractivity contribution in [2.75, 3.05) is 0 Å². The van der Waals surface area contributed by atoms with E-state index < -0.39 is 16.8 Å². The average Bonchev–Trinajstić information content (AvgIpc) is 2.74. The number of hydrogen-bond acceptors (Lipinski definition) is 4. The number of benzene rings is 1. The number of carboxylic acid groups (broad SMARTS) is 1. The smallest absolute Gasteiger partial charge is 0.306 e. The van der Waals surface area contributed by atoms with Gasteiger partial charge in [-0.1, -0.05) is 0 Å². The van der Waals surface area contributed by atoms with Crippen molar-refractivity contribution in [2.24, 2.45) is 5.92 Å². The first-order chi connectivity index (χ1) is 9.06. The van der Waals surface area contributed by atoms with Crippen molar-refractivity contribution < 1.29 is 19.2 Å². The Morgan fingerprint density at radius 1 is 1.47 bits per heavy atom. The Labute approximate surface area is 107 Å². The maximum Gasteiger partial charge on any atom is 0.306 e. The number of carbonyl (C=O) groups is 1. The van der Waals surface area contributed by atoms with Gasteiger partial charge in [0.2, 0.25) is 0 Å². The minimum Gasteiger partial charge on any atom is -0.481 e. The van der Waals surface area contributed by atoms with Crippen molar-refractivity contribution in [3.05, 3.63) is 39.6 Å². The van der Waals surface area contributed by atoms with Crippen LogP contribution in [0.5, 0.6) is 0 Å². The third-order valence-electron chi connectivity index (χ3n) is 3.59. The third-order valence-corrected chi connectivity index (χ3v) is 3.59. The van der Waals surface area contributed by atoms with E-state index >= 15 is 0 Å². The van der Waals surface area contributed by atoms with Gasteiger partial charge in [0.25, 0.3) is 5.69 Å². The second kappa shape index (κ2) is 4.08. The van der Waals surface area contributed by atoms with E-state index in [1.165, 1.54) is 12.1 Å². The number of carboxylic acids is 1. The molecule has 1 atom stereocenters. The lowest BCUT2D eigenvalue weighted by Gasteiger charge is -2.16. The van der Waals surface area contributed by atoms with Crippen LogP contribution in [0.15, 0.2) is 22.6 Å². The van der Waals surface area contributed by atoms with Crippen molar-refractivity contribution in [3.63, 3.8) is 0 Å². The van der Waals surface area contributed by atoms with Gasteiger partial charge in [0.05, 0.1) is 10.8 Å². The van der Waals surface area contributed by atoms with E-state index in [0.29, 0.717) is 30.6 Å². The Balaban J connectivity index is 2.09. The maximum absolute atomic E-state index is 11.0. The van der Waals surface area contributed by atoms with Gasteiger partial charge in [0.15, 0.2) is 0 Å². The first kappa shape index (κ1) is 11.7. The number of aryl methyl sites for hydroxylation is 1. The summed E-state index contributed by atoms with van der Waals surface area (Å²) in [6.45, 7) is 0. The second-order valence-corrected chi connectivity index (χ2v) is 4.72. The SMILES string of the molecule is O=C(O)C1CCc2c(oc3ccc([N+](=O)[O-])cc23)C1. The number of hydrogen-bond donors (Lipinski definition) is 1. The minimum absolute atomic E-state index is 0.0245. The Morgan fingerprint density at radius 2 is 2.26 bits per heavy atom. The van der Waals surface area contributed by atoms with Crippen LogP contribution in [0.3, 0.4) is 0 Å². The normalized spacial score (nSPS) is 18.2. The number of non-ortho nitro benzene ring substituents is 1. The monoisotopic (exact) mass is 261 g/mol. The Hall–Kier alpha value is -2.37. The van der Waals surface area contributed by atoms with E-state index in [9.17, 15) is 14.9 Å². The first-order valence-electron chi connectivity index (χ1n) is 5.98. The van der Waals surface area contributed by atoms with Crippen LogP contribution in [0.2, 0.25) is 0 Å². The first-order valence-corrected chi connectivity index (χ1v) is 5.98. The average molecular weight is 261 g/mol. The van der Waals surface area contributed by atoms with E-state index in [-0.39, 0.29) is 5.69 Å². The van der Waals surface area contributed by atoms with Crippen molar-refractivity contribution in [1.29, 1.82) is 0 Å². The highest BCUT2D eigenvalue weighted by atomic mass is 16.6. The van der Waals surface area contributed by atoms with Crippen molar-refractivity contribution >= 4 is 22.6 Å². The molecule has 1 unspecified atom stereocenters. The van der Waals surface area contributed by atoms with Crippen molar-refractivity contribution in [1.82, 2.24) is 0 Å². The van der Waals surface area contributed by atoms with Gasteiger partial charge in [-0.3, -0.25) is 14.9 Å². The molecule has 98 valence electrons. The van der Waals surface area contributed by atoms with Crippen LogP contribution in [-0.2, 0) is 17.6 Å². The molecule has 1 aromatic carbocycles. The highest BCUT2D eigenvalue weighted by Gasteiger charge is 2.29. The minimum atomic E-state index is -0.822. The Kier molecular flexibility index (Phi) is 2.51. The molecule has 1 heterocycles. The molecule has 0 saturated heterocycles. The molecular weight excluding hydrogens is 250 g/mol. The quantitative estimate of drug-likeness (QED) is 0.662. The van der Waals surface area contributed by atoms with Crippen molar-refractivity contribution in [2.45, 2.75) is 19.3 Å². The maximum atomic E-state index is 11.0. The van der Waals surface area contributed by atoms with Crippen molar-refractivity contribution in [3.8, 4) is 0 Å². The molecule has 6 nitrogen and oxygen atoms in total. The number of fused-ring (bicyclic) bond motifs is 3. The molecular formula is C13H11NO5. The van der Waals surface area contributed by atoms with Gasteiger partial charge in [-0.05, 0) is 18.9 Å². The lowest BCUT2D eigenvalue weighted by molar-refractivity contribution is -0.384. The Bertz CT molecular complexity index is 688. The molecule has 0 saturated carbocycles. The summed E-state index contributed by atoms with van der Waals surface area (Å²) in [5.41, 5.74) is 1.52. The molecule has 1 aliphatic carbocycles. The van der Waals surface area contributed by atoms with Crippen LogP contribution in [0, 0.1) is 16.0 Å². The predicted octanol–water partition coefficient (Wildman–Crippen LogP) is 2.53. The number of nitrogens with zero attached hydrogens (tertiary/aromatic N) is 1. The number of rotatable bonds is 2. The lowest BCUT2D eigenvalue weighted by atomic mass is 9.87. The summed E-state index contributed by atoms with van der Waals surface area (Å²) in [6, 6.07) is 4.46. The fourth-order valence-corrected chi connectivity index (χ4v) is 2.60. The summed E-state index contributed by atoms with van der Waals surface area (Å²) in [5, 5.41) is 20.5. The van der Waals surface area contributed by atoms with Gasteiger partial charge in [0, 0.05) is 29.5 Å². The van der Waals surface area contributed by atoms with Crippen LogP contribution in [0.1, 0.15) is 17.7 Å². The molecule has 2 aromatic rings. The van der Waals surface area contributed by atoms with Crippen LogP contribution in [-0.4, -0.2) is 16.0 Å². The molecule has 6 heteroatoms. The zero-order valence-electron chi connectivity index (χ0n) is 9.96. The molecule has 0 bridgehead atoms. The number of furan rings is 1. The molecule has 0 fully saturated rings. The molecule has 0 amide bonds. The van der Waals surface area contributed by atoms with Gasteiger partial charge in [-0.2, -0.15) is 0 Å². The molecule has 1 aromatic heterocycles. The highest BCUT2D eigenvalue weighted by Crippen LogP contribution is 2.35. The van der Waals surface area contributed by atoms with Gasteiger partial charge >= 0.3 is 5.97 Å². The van der Waals surface area contributed by atoms with Crippen LogP contribution < -0.4 is 0 Å². The van der Waals surface area contributed by atoms with Crippen LogP contribution >= 0.6 is 0 Å². The van der Waals surface area contributed by atoms with Crippen LogP contribution in [0.25, 0.3) is 11.0 Å². The van der Waals surface area contributed by atoms with E-state index in [1.54, 1.807) is 6.07 Å². The summed E-state index contributed by atoms with van der Waals surface area (Å²) < 4.78 is 5.62. The largest absolute Gasteiger partial charge is 0.481 e. The van der Waals surface area contributed by atoms with E-state index in [2.05, 4.69) is 0 Å². The van der Waals surface area contributed by atoms with Gasteiger partial charge < -0.3 is 9.52 Å². The highest BCUT2D eigenvalue weighted by molar-refractivity contribution is 5.85. The molecule has 0 spiro atoms. The molecule has 19 heavy (non-hydrogen) atoms. The summed E-state index contributed by atoms with van der Waals surface area (Å²) >= 11 is 0. The Morgan fingerprint density at radius 3 is 2.95 bits per heavy atom.